The smallest absolute Gasteiger partial charge is 0.339 e. The second-order valence-electron chi connectivity index (χ2n) is 10.3. The number of aliphatic hydroxyl groups excluding tert-OH is 3. The predicted molar refractivity (Wildman–Crippen MR) is 133 cm³/mol. The Kier molecular flexibility index (Phi) is 6.94. The van der Waals surface area contributed by atoms with Gasteiger partial charge in [-0.05, 0) is 48.8 Å². The molecule has 3 aliphatic rings. The maximum Gasteiger partial charge on any atom is 0.339 e. The molecule has 188 valence electrons. The van der Waals surface area contributed by atoms with Gasteiger partial charge >= 0.3 is 5.97 Å². The van der Waals surface area contributed by atoms with E-state index in [1.807, 2.05) is 24.3 Å². The van der Waals surface area contributed by atoms with E-state index in [0.29, 0.717) is 23.1 Å². The van der Waals surface area contributed by atoms with Crippen molar-refractivity contribution in [2.24, 2.45) is 17.8 Å². The van der Waals surface area contributed by atoms with Crippen LogP contribution >= 0.6 is 15.9 Å². The summed E-state index contributed by atoms with van der Waals surface area (Å²) < 4.78 is 7.22. The Hall–Kier alpha value is -1.97. The number of hydrogen-bond donors (Lipinski definition) is 5. The molecule has 0 amide bonds. The predicted octanol–water partition coefficient (Wildman–Crippen LogP) is 3.30. The third kappa shape index (κ3) is 4.29. The highest BCUT2D eigenvalue weighted by atomic mass is 79.9. The normalized spacial score (nSPS) is 33.7. The molecule has 2 saturated carbocycles. The summed E-state index contributed by atoms with van der Waals surface area (Å²) in [6.07, 6.45) is 1.95. The van der Waals surface area contributed by atoms with Gasteiger partial charge in [0.15, 0.2) is 0 Å². The van der Waals surface area contributed by atoms with Crippen molar-refractivity contribution in [2.45, 2.75) is 55.9 Å². The van der Waals surface area contributed by atoms with Crippen molar-refractivity contribution in [3.63, 3.8) is 0 Å². The molecule has 0 spiro atoms. The first-order valence-corrected chi connectivity index (χ1v) is 13.1. The topological polar surface area (TPSA) is 119 Å². The highest BCUT2D eigenvalue weighted by Crippen LogP contribution is 2.62. The van der Waals surface area contributed by atoms with Crippen LogP contribution in [0.2, 0.25) is 0 Å². The van der Waals surface area contributed by atoms with E-state index >= 15 is 0 Å². The van der Waals surface area contributed by atoms with E-state index in [1.165, 1.54) is 5.56 Å². The largest absolute Gasteiger partial charge is 0.485 e. The number of rotatable bonds is 7. The number of aromatic carboxylic acids is 1. The van der Waals surface area contributed by atoms with Crippen LogP contribution in [0.1, 0.15) is 53.1 Å². The Labute approximate surface area is 213 Å². The van der Waals surface area contributed by atoms with Gasteiger partial charge in [-0.3, -0.25) is 0 Å². The van der Waals surface area contributed by atoms with Crippen LogP contribution in [0.25, 0.3) is 0 Å². The number of carboxylic acids is 1. The molecule has 5 rings (SSSR count). The molecule has 2 aliphatic carbocycles. The number of fused-ring (bicyclic) bond motifs is 3. The van der Waals surface area contributed by atoms with Gasteiger partial charge < -0.3 is 30.5 Å². The van der Waals surface area contributed by atoms with Crippen molar-refractivity contribution < 1.29 is 30.0 Å². The van der Waals surface area contributed by atoms with Crippen molar-refractivity contribution in [3.8, 4) is 5.75 Å². The van der Waals surface area contributed by atoms with Crippen LogP contribution < -0.4 is 10.1 Å². The Morgan fingerprint density at radius 3 is 2.60 bits per heavy atom. The zero-order chi connectivity index (χ0) is 24.7. The van der Waals surface area contributed by atoms with Gasteiger partial charge in [-0.25, -0.2) is 4.79 Å². The lowest BCUT2D eigenvalue weighted by molar-refractivity contribution is -0.0297. The molecule has 5 N–H and O–H groups in total. The molecule has 1 heterocycles. The molecule has 0 bridgehead atoms. The fourth-order valence-electron chi connectivity index (χ4n) is 6.85. The summed E-state index contributed by atoms with van der Waals surface area (Å²) in [5.74, 6) is -1.45. The molecule has 35 heavy (non-hydrogen) atoms. The maximum atomic E-state index is 12.0. The number of ether oxygens (including phenoxy) is 1. The molecule has 2 fully saturated rings. The van der Waals surface area contributed by atoms with E-state index in [1.54, 1.807) is 6.07 Å². The maximum absolute atomic E-state index is 12.0. The highest BCUT2D eigenvalue weighted by Gasteiger charge is 2.64. The SMILES string of the molecule is O=C(O)c1cc(Br)cc2c1O[C@@]1(C3CCC(NCc4ccccc4)C(CO)C3)C[C@@H](O)[C@@H](CO)[C@H]21. The van der Waals surface area contributed by atoms with Crippen LogP contribution in [0, 0.1) is 17.8 Å². The molecule has 3 unspecified atom stereocenters. The number of nitrogens with one attached hydrogen (secondary N) is 1. The van der Waals surface area contributed by atoms with Crippen LogP contribution in [-0.2, 0) is 6.54 Å². The number of carboxylic acid groups (broad SMARTS) is 1. The van der Waals surface area contributed by atoms with Gasteiger partial charge in [0, 0.05) is 54.1 Å². The lowest BCUT2D eigenvalue weighted by Crippen LogP contribution is -2.51. The molecular weight excluding hydrogens is 514 g/mol. The molecule has 0 aromatic heterocycles. The summed E-state index contributed by atoms with van der Waals surface area (Å²) in [5, 5.41) is 44.8. The van der Waals surface area contributed by atoms with E-state index in [0.717, 1.165) is 24.9 Å². The quantitative estimate of drug-likeness (QED) is 0.362. The van der Waals surface area contributed by atoms with E-state index in [-0.39, 0.29) is 42.6 Å². The zero-order valence-corrected chi connectivity index (χ0v) is 21.0. The van der Waals surface area contributed by atoms with Gasteiger partial charge in [0.1, 0.15) is 16.9 Å². The van der Waals surface area contributed by atoms with E-state index in [4.69, 9.17) is 4.74 Å². The van der Waals surface area contributed by atoms with Crippen molar-refractivity contribution in [2.75, 3.05) is 13.2 Å². The minimum absolute atomic E-state index is 0.01000. The molecule has 7 atom stereocenters. The second kappa shape index (κ2) is 9.82. The Balaban J connectivity index is 1.43. The number of carbonyl (C=O) groups is 1. The first kappa shape index (κ1) is 24.7. The fourth-order valence-corrected chi connectivity index (χ4v) is 7.33. The second-order valence-corrected chi connectivity index (χ2v) is 11.2. The van der Waals surface area contributed by atoms with E-state index in [9.17, 15) is 25.2 Å². The molecule has 7 nitrogen and oxygen atoms in total. The van der Waals surface area contributed by atoms with Crippen molar-refractivity contribution in [3.05, 3.63) is 63.6 Å². The lowest BCUT2D eigenvalue weighted by Gasteiger charge is -2.45. The molecule has 0 saturated heterocycles. The third-order valence-corrected chi connectivity index (χ3v) is 8.90. The van der Waals surface area contributed by atoms with Crippen LogP contribution in [0.5, 0.6) is 5.75 Å². The van der Waals surface area contributed by atoms with Gasteiger partial charge in [0.25, 0.3) is 0 Å². The summed E-state index contributed by atoms with van der Waals surface area (Å²) in [7, 11) is 0. The van der Waals surface area contributed by atoms with Gasteiger partial charge in [0.05, 0.1) is 6.10 Å². The highest BCUT2D eigenvalue weighted by molar-refractivity contribution is 9.10. The fraction of sp³-hybridized carbons (Fsp3) is 0.519. The van der Waals surface area contributed by atoms with Gasteiger partial charge in [-0.15, -0.1) is 0 Å². The first-order chi connectivity index (χ1) is 16.9. The Bertz CT molecular complexity index is 1080. The standard InChI is InChI=1S/C27H32BrNO6/c28-18-9-19-24-21(14-31)23(32)11-27(24,35-25(19)20(10-18)26(33)34)17-6-7-22(16(8-17)13-30)29-12-15-4-2-1-3-5-15/h1-5,9-10,16-17,21-24,29-32H,6-8,11-14H2,(H,33,34)/t16?,17?,21-,22?,23-,24+,27-/m1/s1. The summed E-state index contributed by atoms with van der Waals surface area (Å²) in [5.41, 5.74) is 1.21. The van der Waals surface area contributed by atoms with Crippen LogP contribution in [-0.4, -0.2) is 57.4 Å². The molecule has 1 aliphatic heterocycles. The molecule has 0 radical (unpaired) electrons. The molecule has 8 heteroatoms. The van der Waals surface area contributed by atoms with Crippen LogP contribution in [0.4, 0.5) is 0 Å². The number of halogens is 1. The average Bonchev–Trinajstić information content (AvgIpc) is 3.32. The van der Waals surface area contributed by atoms with Crippen molar-refractivity contribution in [1.82, 2.24) is 5.32 Å². The van der Waals surface area contributed by atoms with Crippen LogP contribution in [0.15, 0.2) is 46.9 Å². The number of aliphatic hydroxyl groups is 3. The summed E-state index contributed by atoms with van der Waals surface area (Å²) >= 11 is 3.43. The summed E-state index contributed by atoms with van der Waals surface area (Å²) in [4.78, 5) is 12.0. The third-order valence-electron chi connectivity index (χ3n) is 8.45. The Morgan fingerprint density at radius 1 is 1.14 bits per heavy atom. The van der Waals surface area contributed by atoms with Crippen molar-refractivity contribution in [1.29, 1.82) is 0 Å². The molecular formula is C27H32BrNO6. The number of hydrogen-bond acceptors (Lipinski definition) is 6. The number of benzene rings is 2. The molecule has 2 aromatic rings. The minimum Gasteiger partial charge on any atom is -0.485 e. The van der Waals surface area contributed by atoms with Crippen LogP contribution in [0.3, 0.4) is 0 Å². The van der Waals surface area contributed by atoms with Gasteiger partial charge in [-0.2, -0.15) is 0 Å². The minimum atomic E-state index is -1.07. The van der Waals surface area contributed by atoms with Gasteiger partial charge in [-0.1, -0.05) is 46.3 Å². The average molecular weight is 546 g/mol. The molecule has 2 aromatic carbocycles. The van der Waals surface area contributed by atoms with Crippen molar-refractivity contribution >= 4 is 21.9 Å². The van der Waals surface area contributed by atoms with E-state index < -0.39 is 23.6 Å². The van der Waals surface area contributed by atoms with E-state index in [2.05, 4.69) is 33.4 Å². The monoisotopic (exact) mass is 545 g/mol. The zero-order valence-electron chi connectivity index (χ0n) is 19.4. The van der Waals surface area contributed by atoms with Gasteiger partial charge in [0.2, 0.25) is 0 Å². The summed E-state index contributed by atoms with van der Waals surface area (Å²) in [6, 6.07) is 13.7. The first-order valence-electron chi connectivity index (χ1n) is 12.3. The Morgan fingerprint density at radius 2 is 1.91 bits per heavy atom. The lowest BCUT2D eigenvalue weighted by atomic mass is 9.66. The summed E-state index contributed by atoms with van der Waals surface area (Å²) in [6.45, 7) is 0.556.